The number of nitrogen functional groups attached to an aromatic ring is 1. The number of ether oxygens (including phenoxy) is 1. The molecule has 0 aliphatic carbocycles. The van der Waals surface area contributed by atoms with Gasteiger partial charge in [-0.15, -0.1) is 0 Å². The monoisotopic (exact) mass is 239 g/mol. The number of anilines is 2. The number of aromatic nitrogens is 2. The molecule has 3 N–H and O–H groups in total. The molecule has 1 heterocycles. The van der Waals surface area contributed by atoms with Crippen LogP contribution in [0.15, 0.2) is 6.07 Å². The minimum absolute atomic E-state index is 0.306. The van der Waals surface area contributed by atoms with E-state index in [9.17, 15) is 0 Å². The minimum Gasteiger partial charge on any atom is -0.383 e. The molecule has 0 amide bonds. The van der Waals surface area contributed by atoms with Crippen LogP contribution in [-0.4, -0.2) is 55.3 Å². The molecule has 6 heteroatoms. The van der Waals surface area contributed by atoms with Crippen molar-refractivity contribution in [1.82, 2.24) is 14.9 Å². The minimum atomic E-state index is 0.306. The van der Waals surface area contributed by atoms with Crippen LogP contribution in [-0.2, 0) is 4.74 Å². The molecule has 96 valence electrons. The van der Waals surface area contributed by atoms with Crippen LogP contribution in [0.3, 0.4) is 0 Å². The first-order valence-electron chi connectivity index (χ1n) is 5.64. The molecule has 17 heavy (non-hydrogen) atoms. The van der Waals surface area contributed by atoms with E-state index in [1.165, 1.54) is 0 Å². The molecule has 0 unspecified atom stereocenters. The van der Waals surface area contributed by atoms with Gasteiger partial charge in [0, 0.05) is 38.5 Å². The van der Waals surface area contributed by atoms with Crippen molar-refractivity contribution in [2.24, 2.45) is 0 Å². The maximum Gasteiger partial charge on any atom is 0.222 e. The van der Waals surface area contributed by atoms with Crippen molar-refractivity contribution in [3.63, 3.8) is 0 Å². The number of nitrogens with one attached hydrogen (secondary N) is 1. The Bertz CT molecular complexity index is 324. The van der Waals surface area contributed by atoms with Crippen molar-refractivity contribution in [1.29, 1.82) is 0 Å². The SMILES string of the molecule is COCCN(C)CCNc1cc(C)nc(N)n1. The summed E-state index contributed by atoms with van der Waals surface area (Å²) in [4.78, 5) is 10.3. The van der Waals surface area contributed by atoms with Crippen molar-refractivity contribution >= 4 is 11.8 Å². The largest absolute Gasteiger partial charge is 0.383 e. The third-order valence-electron chi connectivity index (χ3n) is 2.35. The van der Waals surface area contributed by atoms with E-state index in [0.717, 1.165) is 37.8 Å². The first-order valence-corrected chi connectivity index (χ1v) is 5.64. The summed E-state index contributed by atoms with van der Waals surface area (Å²) in [5.41, 5.74) is 6.44. The van der Waals surface area contributed by atoms with Crippen molar-refractivity contribution in [3.8, 4) is 0 Å². The number of nitrogens with two attached hydrogens (primary N) is 1. The van der Waals surface area contributed by atoms with Gasteiger partial charge in [0.15, 0.2) is 0 Å². The topological polar surface area (TPSA) is 76.3 Å². The van der Waals surface area contributed by atoms with E-state index in [-0.39, 0.29) is 0 Å². The lowest BCUT2D eigenvalue weighted by Crippen LogP contribution is -2.28. The molecular weight excluding hydrogens is 218 g/mol. The number of nitrogens with zero attached hydrogens (tertiary/aromatic N) is 3. The Balaban J connectivity index is 2.30. The van der Waals surface area contributed by atoms with E-state index in [1.807, 2.05) is 13.0 Å². The lowest BCUT2D eigenvalue weighted by atomic mass is 10.4. The Labute approximate surface area is 102 Å². The third kappa shape index (κ3) is 5.46. The molecule has 1 rings (SSSR count). The highest BCUT2D eigenvalue weighted by atomic mass is 16.5. The average molecular weight is 239 g/mol. The van der Waals surface area contributed by atoms with Crippen molar-refractivity contribution in [2.45, 2.75) is 6.92 Å². The van der Waals surface area contributed by atoms with E-state index in [2.05, 4.69) is 27.2 Å². The molecule has 0 bridgehead atoms. The summed E-state index contributed by atoms with van der Waals surface area (Å²) < 4.78 is 5.01. The summed E-state index contributed by atoms with van der Waals surface area (Å²) in [5.74, 6) is 1.08. The smallest absolute Gasteiger partial charge is 0.222 e. The highest BCUT2D eigenvalue weighted by Crippen LogP contribution is 2.06. The fourth-order valence-corrected chi connectivity index (χ4v) is 1.42. The molecule has 0 fully saturated rings. The molecule has 0 saturated heterocycles. The highest BCUT2D eigenvalue weighted by molar-refractivity contribution is 5.40. The molecule has 1 aromatic heterocycles. The zero-order valence-electron chi connectivity index (χ0n) is 10.7. The number of aryl methyl sites for hydroxylation is 1. The highest BCUT2D eigenvalue weighted by Gasteiger charge is 2.00. The molecule has 0 aromatic carbocycles. The average Bonchev–Trinajstić information content (AvgIpc) is 2.25. The van der Waals surface area contributed by atoms with Crippen molar-refractivity contribution in [2.75, 3.05) is 51.4 Å². The van der Waals surface area contributed by atoms with Gasteiger partial charge in [-0.25, -0.2) is 4.98 Å². The molecule has 1 aromatic rings. The molecule has 6 nitrogen and oxygen atoms in total. The van der Waals surface area contributed by atoms with Crippen LogP contribution in [0.5, 0.6) is 0 Å². The van der Waals surface area contributed by atoms with Gasteiger partial charge >= 0.3 is 0 Å². The van der Waals surface area contributed by atoms with Crippen molar-refractivity contribution in [3.05, 3.63) is 11.8 Å². The van der Waals surface area contributed by atoms with Crippen LogP contribution < -0.4 is 11.1 Å². The number of methoxy groups -OCH3 is 1. The summed E-state index contributed by atoms with van der Waals surface area (Å²) in [7, 11) is 3.76. The van der Waals surface area contributed by atoms with Gasteiger partial charge in [0.25, 0.3) is 0 Å². The van der Waals surface area contributed by atoms with Crippen LogP contribution >= 0.6 is 0 Å². The first-order chi connectivity index (χ1) is 8.11. The maximum atomic E-state index is 5.57. The fourth-order valence-electron chi connectivity index (χ4n) is 1.42. The van der Waals surface area contributed by atoms with Crippen LogP contribution in [0.4, 0.5) is 11.8 Å². The number of hydrogen-bond donors (Lipinski definition) is 2. The first kappa shape index (κ1) is 13.7. The summed E-state index contributed by atoms with van der Waals surface area (Å²) >= 11 is 0. The normalized spacial score (nSPS) is 10.8. The molecular formula is C11H21N5O. The second-order valence-electron chi connectivity index (χ2n) is 3.98. The Morgan fingerprint density at radius 2 is 2.18 bits per heavy atom. The van der Waals surface area contributed by atoms with Gasteiger partial charge in [-0.05, 0) is 14.0 Å². The van der Waals surface area contributed by atoms with Crippen LogP contribution in [0.1, 0.15) is 5.69 Å². The lowest BCUT2D eigenvalue weighted by molar-refractivity contribution is 0.163. The van der Waals surface area contributed by atoms with Gasteiger partial charge in [-0.3, -0.25) is 0 Å². The van der Waals surface area contributed by atoms with E-state index in [0.29, 0.717) is 5.95 Å². The molecule has 0 radical (unpaired) electrons. The fraction of sp³-hybridized carbons (Fsp3) is 0.636. The molecule has 0 aliphatic rings. The van der Waals surface area contributed by atoms with E-state index >= 15 is 0 Å². The third-order valence-corrected chi connectivity index (χ3v) is 2.35. The van der Waals surface area contributed by atoms with Gasteiger partial charge in [-0.2, -0.15) is 4.98 Å². The Kier molecular flexibility index (Phi) is 5.65. The Morgan fingerprint density at radius 3 is 2.82 bits per heavy atom. The van der Waals surface area contributed by atoms with Crippen LogP contribution in [0.2, 0.25) is 0 Å². The predicted octanol–water partition coefficient (Wildman–Crippen LogP) is 0.357. The van der Waals surface area contributed by atoms with Gasteiger partial charge in [0.2, 0.25) is 5.95 Å². The van der Waals surface area contributed by atoms with Crippen LogP contribution in [0, 0.1) is 6.92 Å². The van der Waals surface area contributed by atoms with Gasteiger partial charge in [0.05, 0.1) is 6.61 Å². The zero-order valence-corrected chi connectivity index (χ0v) is 10.7. The quantitative estimate of drug-likeness (QED) is 0.715. The standard InChI is InChI=1S/C11H21N5O/c1-9-8-10(15-11(12)14-9)13-4-5-16(2)6-7-17-3/h8H,4-7H2,1-3H3,(H3,12,13,14,15). The summed E-state index contributed by atoms with van der Waals surface area (Å²) in [6, 6.07) is 1.88. The molecule has 0 atom stereocenters. The van der Waals surface area contributed by atoms with Gasteiger partial charge in [0.1, 0.15) is 5.82 Å². The Morgan fingerprint density at radius 1 is 1.41 bits per heavy atom. The van der Waals surface area contributed by atoms with E-state index < -0.39 is 0 Å². The lowest BCUT2D eigenvalue weighted by Gasteiger charge is -2.16. The maximum absolute atomic E-state index is 5.57. The molecule has 0 saturated carbocycles. The van der Waals surface area contributed by atoms with E-state index in [4.69, 9.17) is 10.5 Å². The molecule has 0 spiro atoms. The van der Waals surface area contributed by atoms with Gasteiger partial charge < -0.3 is 20.7 Å². The zero-order chi connectivity index (χ0) is 12.7. The van der Waals surface area contributed by atoms with Crippen LogP contribution in [0.25, 0.3) is 0 Å². The second kappa shape index (κ2) is 7.03. The second-order valence-corrected chi connectivity index (χ2v) is 3.98. The number of likely N-dealkylation sites (N-methyl/N-ethyl adjacent to an activating group) is 1. The summed E-state index contributed by atoms with van der Waals surface area (Å²) in [6.45, 7) is 5.30. The van der Waals surface area contributed by atoms with Gasteiger partial charge in [-0.1, -0.05) is 0 Å². The number of rotatable bonds is 7. The van der Waals surface area contributed by atoms with Crippen molar-refractivity contribution < 1.29 is 4.74 Å². The molecule has 0 aliphatic heterocycles. The Hall–Kier alpha value is -1.40. The summed E-state index contributed by atoms with van der Waals surface area (Å²) in [6.07, 6.45) is 0. The van der Waals surface area contributed by atoms with E-state index in [1.54, 1.807) is 7.11 Å². The predicted molar refractivity (Wildman–Crippen MR) is 69.0 cm³/mol. The number of hydrogen-bond acceptors (Lipinski definition) is 6. The summed E-state index contributed by atoms with van der Waals surface area (Å²) in [5, 5.41) is 3.22.